The van der Waals surface area contributed by atoms with Crippen LogP contribution in [0.2, 0.25) is 0 Å². The Labute approximate surface area is 127 Å². The number of aliphatic hydroxyl groups is 1. The van der Waals surface area contributed by atoms with E-state index < -0.39 is 10.5 Å². The number of thiophene rings is 1. The van der Waals surface area contributed by atoms with Crippen LogP contribution in [0.15, 0.2) is 12.1 Å². The van der Waals surface area contributed by atoms with Crippen molar-refractivity contribution in [1.29, 1.82) is 0 Å². The Morgan fingerprint density at radius 2 is 2.19 bits per heavy atom. The number of hydrogen-bond donors (Lipinski definition) is 2. The second-order valence-electron chi connectivity index (χ2n) is 5.65. The maximum atomic E-state index is 12.0. The lowest BCUT2D eigenvalue weighted by molar-refractivity contribution is -0.380. The van der Waals surface area contributed by atoms with Crippen LogP contribution in [-0.2, 0) is 0 Å². The van der Waals surface area contributed by atoms with Crippen molar-refractivity contribution in [3.63, 3.8) is 0 Å². The summed E-state index contributed by atoms with van der Waals surface area (Å²) in [6.45, 7) is 2.36. The molecule has 1 aliphatic carbocycles. The van der Waals surface area contributed by atoms with Gasteiger partial charge >= 0.3 is 5.00 Å². The molecule has 1 fully saturated rings. The molecule has 0 saturated heterocycles. The second-order valence-corrected chi connectivity index (χ2v) is 6.72. The molecule has 7 heteroatoms. The predicted molar refractivity (Wildman–Crippen MR) is 80.5 cm³/mol. The number of rotatable bonds is 5. The largest absolute Gasteiger partial charge is 0.388 e. The van der Waals surface area contributed by atoms with Gasteiger partial charge in [0.15, 0.2) is 0 Å². The van der Waals surface area contributed by atoms with Gasteiger partial charge in [-0.3, -0.25) is 14.9 Å². The zero-order valence-corrected chi connectivity index (χ0v) is 12.8. The summed E-state index contributed by atoms with van der Waals surface area (Å²) in [6, 6.07) is 2.76. The lowest BCUT2D eigenvalue weighted by atomic mass is 9.78. The van der Waals surface area contributed by atoms with Crippen molar-refractivity contribution < 1.29 is 14.8 Å². The zero-order valence-electron chi connectivity index (χ0n) is 12.0. The molecule has 0 aromatic carbocycles. The number of nitrogens with zero attached hydrogens (tertiary/aromatic N) is 1. The van der Waals surface area contributed by atoms with Crippen LogP contribution in [0.4, 0.5) is 5.00 Å². The van der Waals surface area contributed by atoms with Crippen molar-refractivity contribution in [2.45, 2.75) is 44.6 Å². The minimum absolute atomic E-state index is 0.0534. The van der Waals surface area contributed by atoms with Crippen molar-refractivity contribution in [2.75, 3.05) is 6.54 Å². The summed E-state index contributed by atoms with van der Waals surface area (Å²) >= 11 is 0.846. The average molecular weight is 312 g/mol. The summed E-state index contributed by atoms with van der Waals surface area (Å²) in [5.74, 6) is 0.306. The molecule has 6 nitrogen and oxygen atoms in total. The molecule has 0 spiro atoms. The third-order valence-corrected chi connectivity index (χ3v) is 5.22. The maximum Gasteiger partial charge on any atom is 0.324 e. The van der Waals surface area contributed by atoms with E-state index in [4.69, 9.17) is 0 Å². The van der Waals surface area contributed by atoms with Gasteiger partial charge in [-0.15, -0.1) is 0 Å². The fraction of sp³-hybridized carbons (Fsp3) is 0.643. The summed E-state index contributed by atoms with van der Waals surface area (Å²) in [5.41, 5.74) is -0.843. The van der Waals surface area contributed by atoms with Gasteiger partial charge in [-0.05, 0) is 37.7 Å². The minimum Gasteiger partial charge on any atom is -0.388 e. The van der Waals surface area contributed by atoms with E-state index in [0.29, 0.717) is 23.6 Å². The number of nitrogens with one attached hydrogen (secondary N) is 1. The third-order valence-electron chi connectivity index (χ3n) is 4.19. The van der Waals surface area contributed by atoms with E-state index in [1.165, 1.54) is 12.1 Å². The molecule has 116 valence electrons. The molecule has 0 bridgehead atoms. The van der Waals surface area contributed by atoms with Crippen LogP contribution in [0.5, 0.6) is 0 Å². The van der Waals surface area contributed by atoms with Gasteiger partial charge in [0.25, 0.3) is 5.91 Å². The monoisotopic (exact) mass is 312 g/mol. The lowest BCUT2D eigenvalue weighted by Crippen LogP contribution is -2.45. The van der Waals surface area contributed by atoms with E-state index in [-0.39, 0.29) is 17.5 Å². The Morgan fingerprint density at radius 3 is 2.71 bits per heavy atom. The minimum atomic E-state index is -0.843. The van der Waals surface area contributed by atoms with Crippen LogP contribution in [0.25, 0.3) is 0 Å². The van der Waals surface area contributed by atoms with E-state index in [1.807, 2.05) is 0 Å². The van der Waals surface area contributed by atoms with Crippen molar-refractivity contribution in [1.82, 2.24) is 5.32 Å². The molecule has 0 atom stereocenters. The SMILES string of the molecule is CCC1CCC(O)(CNC(=O)c2ccc([N+](=O)[O-])s2)CC1. The van der Waals surface area contributed by atoms with Crippen LogP contribution in [0, 0.1) is 16.0 Å². The van der Waals surface area contributed by atoms with Gasteiger partial charge < -0.3 is 10.4 Å². The highest BCUT2D eigenvalue weighted by Crippen LogP contribution is 2.33. The summed E-state index contributed by atoms with van der Waals surface area (Å²) < 4.78 is 0. The zero-order chi connectivity index (χ0) is 15.5. The molecular formula is C14H20N2O4S. The number of nitro groups is 1. The quantitative estimate of drug-likeness (QED) is 0.646. The molecule has 1 aromatic heterocycles. The predicted octanol–water partition coefficient (Wildman–Crippen LogP) is 2.72. The van der Waals surface area contributed by atoms with Crippen molar-refractivity contribution in [3.8, 4) is 0 Å². The molecule has 1 heterocycles. The Morgan fingerprint density at radius 1 is 1.52 bits per heavy atom. The molecule has 0 aliphatic heterocycles. The van der Waals surface area contributed by atoms with Gasteiger partial charge in [0.2, 0.25) is 0 Å². The topological polar surface area (TPSA) is 92.5 Å². The van der Waals surface area contributed by atoms with Gasteiger partial charge in [0.05, 0.1) is 15.4 Å². The maximum absolute atomic E-state index is 12.0. The van der Waals surface area contributed by atoms with Crippen LogP contribution >= 0.6 is 11.3 Å². The molecule has 2 N–H and O–H groups in total. The molecule has 1 saturated carbocycles. The summed E-state index contributed by atoms with van der Waals surface area (Å²) in [5, 5.41) is 23.7. The molecule has 0 unspecified atom stereocenters. The highest BCUT2D eigenvalue weighted by molar-refractivity contribution is 7.17. The van der Waals surface area contributed by atoms with Crippen LogP contribution < -0.4 is 5.32 Å². The number of hydrogen-bond acceptors (Lipinski definition) is 5. The fourth-order valence-corrected chi connectivity index (χ4v) is 3.42. The number of amides is 1. The number of carbonyl (C=O) groups is 1. The molecule has 2 rings (SSSR count). The molecule has 1 aromatic rings. The average Bonchev–Trinajstić information content (AvgIpc) is 2.96. The molecule has 21 heavy (non-hydrogen) atoms. The van der Waals surface area contributed by atoms with Crippen LogP contribution in [0.3, 0.4) is 0 Å². The van der Waals surface area contributed by atoms with Crippen LogP contribution in [-0.4, -0.2) is 28.1 Å². The van der Waals surface area contributed by atoms with E-state index in [2.05, 4.69) is 12.2 Å². The first kappa shape index (κ1) is 15.9. The van der Waals surface area contributed by atoms with Gasteiger partial charge in [-0.1, -0.05) is 24.7 Å². The van der Waals surface area contributed by atoms with Gasteiger partial charge in [0.1, 0.15) is 0 Å². The van der Waals surface area contributed by atoms with E-state index in [0.717, 1.165) is 30.6 Å². The molecular weight excluding hydrogens is 292 g/mol. The first-order valence-corrected chi connectivity index (χ1v) is 8.00. The van der Waals surface area contributed by atoms with E-state index >= 15 is 0 Å². The lowest BCUT2D eigenvalue weighted by Gasteiger charge is -2.35. The van der Waals surface area contributed by atoms with Gasteiger partial charge in [0, 0.05) is 12.6 Å². The van der Waals surface area contributed by atoms with Crippen molar-refractivity contribution >= 4 is 22.2 Å². The van der Waals surface area contributed by atoms with Crippen molar-refractivity contribution in [2.24, 2.45) is 5.92 Å². The standard InChI is InChI=1S/C14H20N2O4S/c1-2-10-5-7-14(18,8-6-10)9-15-13(17)11-3-4-12(21-11)16(19)20/h3-4,10,18H,2,5-9H2,1H3,(H,15,17). The summed E-state index contributed by atoms with van der Waals surface area (Å²) in [7, 11) is 0. The second kappa shape index (κ2) is 6.53. The highest BCUT2D eigenvalue weighted by atomic mass is 32.1. The Kier molecular flexibility index (Phi) is 4.95. The van der Waals surface area contributed by atoms with Crippen molar-refractivity contribution in [3.05, 3.63) is 27.1 Å². The Bertz CT molecular complexity index is 521. The third kappa shape index (κ3) is 4.01. The molecule has 1 aliphatic rings. The van der Waals surface area contributed by atoms with Gasteiger partial charge in [-0.25, -0.2) is 0 Å². The van der Waals surface area contributed by atoms with E-state index in [1.54, 1.807) is 0 Å². The summed E-state index contributed by atoms with van der Waals surface area (Å²) in [4.78, 5) is 22.3. The molecule has 1 amide bonds. The van der Waals surface area contributed by atoms with Gasteiger partial charge in [-0.2, -0.15) is 0 Å². The van der Waals surface area contributed by atoms with Crippen LogP contribution in [0.1, 0.15) is 48.7 Å². The fourth-order valence-electron chi connectivity index (χ4n) is 2.68. The Hall–Kier alpha value is -1.47. The Balaban J connectivity index is 1.87. The first-order valence-electron chi connectivity index (χ1n) is 7.18. The highest BCUT2D eigenvalue weighted by Gasteiger charge is 2.33. The molecule has 0 radical (unpaired) electrons. The normalized spacial score (nSPS) is 25.5. The first-order chi connectivity index (χ1) is 9.93. The van der Waals surface area contributed by atoms with E-state index in [9.17, 15) is 20.0 Å². The smallest absolute Gasteiger partial charge is 0.324 e. The number of carbonyl (C=O) groups excluding carboxylic acids is 1. The summed E-state index contributed by atoms with van der Waals surface area (Å²) in [6.07, 6.45) is 4.47.